The van der Waals surface area contributed by atoms with E-state index in [0.29, 0.717) is 11.8 Å². The lowest BCUT2D eigenvalue weighted by molar-refractivity contribution is -0.120. The highest BCUT2D eigenvalue weighted by molar-refractivity contribution is 5.92. The number of para-hydroxylation sites is 1. The molecule has 0 aliphatic carbocycles. The van der Waals surface area contributed by atoms with Gasteiger partial charge in [0.1, 0.15) is 5.75 Å². The van der Waals surface area contributed by atoms with Crippen LogP contribution in [0.25, 0.3) is 0 Å². The summed E-state index contributed by atoms with van der Waals surface area (Å²) < 4.78 is 6.08. The predicted octanol–water partition coefficient (Wildman–Crippen LogP) is 5.56. The molecule has 1 aromatic heterocycles. The zero-order valence-corrected chi connectivity index (χ0v) is 18.9. The molecule has 1 saturated heterocycles. The zero-order valence-electron chi connectivity index (χ0n) is 18.9. The number of rotatable bonds is 6. The number of carbonyl (C=O) groups is 1. The van der Waals surface area contributed by atoms with Crippen LogP contribution < -0.4 is 15.0 Å². The number of nitrogens with zero attached hydrogens (tertiary/aromatic N) is 3. The van der Waals surface area contributed by atoms with E-state index in [4.69, 9.17) is 4.74 Å². The van der Waals surface area contributed by atoms with Gasteiger partial charge in [-0.3, -0.25) is 4.79 Å². The van der Waals surface area contributed by atoms with Crippen molar-refractivity contribution in [1.82, 2.24) is 9.97 Å². The molecule has 0 spiro atoms. The maximum absolute atomic E-state index is 12.8. The quantitative estimate of drug-likeness (QED) is 0.555. The molecule has 1 fully saturated rings. The number of hydrogen-bond donors (Lipinski definition) is 1. The van der Waals surface area contributed by atoms with Crippen molar-refractivity contribution in [2.75, 3.05) is 23.3 Å². The van der Waals surface area contributed by atoms with Gasteiger partial charge in [0.25, 0.3) is 5.88 Å². The molecule has 0 bridgehead atoms. The molecule has 1 amide bonds. The normalized spacial score (nSPS) is 14.4. The van der Waals surface area contributed by atoms with Crippen LogP contribution in [0.5, 0.6) is 11.6 Å². The van der Waals surface area contributed by atoms with E-state index in [1.165, 1.54) is 5.56 Å². The monoisotopic (exact) mass is 430 g/mol. The smallest absolute Gasteiger partial charge is 0.263 e. The Kier molecular flexibility index (Phi) is 6.69. The summed E-state index contributed by atoms with van der Waals surface area (Å²) in [5, 5.41) is 3.07. The number of amides is 1. The highest BCUT2D eigenvalue weighted by Gasteiger charge is 2.27. The summed E-state index contributed by atoms with van der Waals surface area (Å²) in [6, 6.07) is 16.0. The third kappa shape index (κ3) is 5.07. The van der Waals surface area contributed by atoms with E-state index in [2.05, 4.69) is 46.2 Å². The minimum absolute atomic E-state index is 0.0200. The summed E-state index contributed by atoms with van der Waals surface area (Å²) in [6.45, 7) is 7.79. The van der Waals surface area contributed by atoms with E-state index in [0.717, 1.165) is 48.7 Å². The van der Waals surface area contributed by atoms with Gasteiger partial charge in [0, 0.05) is 37.1 Å². The molecule has 2 aromatic carbocycles. The second-order valence-corrected chi connectivity index (χ2v) is 8.58. The van der Waals surface area contributed by atoms with Gasteiger partial charge in [-0.05, 0) is 55.0 Å². The first-order valence-corrected chi connectivity index (χ1v) is 11.2. The molecule has 0 saturated carbocycles. The number of anilines is 2. The largest absolute Gasteiger partial charge is 0.436 e. The summed E-state index contributed by atoms with van der Waals surface area (Å²) in [6.07, 6.45) is 4.84. The molecule has 0 unspecified atom stereocenters. The molecule has 6 nitrogen and oxygen atoms in total. The molecule has 166 valence electrons. The first kappa shape index (κ1) is 21.8. The van der Waals surface area contributed by atoms with E-state index in [-0.39, 0.29) is 11.8 Å². The first-order chi connectivity index (χ1) is 15.5. The van der Waals surface area contributed by atoms with Crippen LogP contribution in [-0.2, 0) is 4.79 Å². The molecule has 1 aliphatic heterocycles. The van der Waals surface area contributed by atoms with Crippen LogP contribution in [0, 0.1) is 12.8 Å². The van der Waals surface area contributed by atoms with Gasteiger partial charge in [-0.15, -0.1) is 0 Å². The zero-order chi connectivity index (χ0) is 22.5. The van der Waals surface area contributed by atoms with E-state index in [9.17, 15) is 4.79 Å². The van der Waals surface area contributed by atoms with Crippen molar-refractivity contribution in [2.45, 2.75) is 39.5 Å². The average molecular weight is 431 g/mol. The molecule has 0 atom stereocenters. The van der Waals surface area contributed by atoms with Gasteiger partial charge in [-0.2, -0.15) is 0 Å². The van der Waals surface area contributed by atoms with Crippen molar-refractivity contribution < 1.29 is 9.53 Å². The van der Waals surface area contributed by atoms with Gasteiger partial charge in [0.15, 0.2) is 5.82 Å². The van der Waals surface area contributed by atoms with E-state index >= 15 is 0 Å². The minimum Gasteiger partial charge on any atom is -0.436 e. The summed E-state index contributed by atoms with van der Waals surface area (Å²) in [5.74, 6) is 2.52. The molecule has 0 radical (unpaired) electrons. The van der Waals surface area contributed by atoms with Crippen LogP contribution >= 0.6 is 0 Å². The lowest BCUT2D eigenvalue weighted by Crippen LogP contribution is -2.38. The summed E-state index contributed by atoms with van der Waals surface area (Å²) in [5.41, 5.74) is 3.16. The van der Waals surface area contributed by atoms with Crippen LogP contribution in [0.1, 0.15) is 43.7 Å². The van der Waals surface area contributed by atoms with Crippen LogP contribution in [0.15, 0.2) is 60.9 Å². The summed E-state index contributed by atoms with van der Waals surface area (Å²) >= 11 is 0. The maximum Gasteiger partial charge on any atom is 0.263 e. The topological polar surface area (TPSA) is 67.4 Å². The van der Waals surface area contributed by atoms with Gasteiger partial charge in [0.2, 0.25) is 5.91 Å². The second kappa shape index (κ2) is 9.81. The fraction of sp³-hybridized carbons (Fsp3) is 0.346. The predicted molar refractivity (Wildman–Crippen MR) is 127 cm³/mol. The van der Waals surface area contributed by atoms with E-state index in [1.807, 2.05) is 43.3 Å². The van der Waals surface area contributed by atoms with Gasteiger partial charge in [-0.25, -0.2) is 9.97 Å². The van der Waals surface area contributed by atoms with E-state index in [1.54, 1.807) is 12.4 Å². The number of aryl methyl sites for hydroxylation is 1. The van der Waals surface area contributed by atoms with Gasteiger partial charge in [-0.1, -0.05) is 44.2 Å². The number of carbonyl (C=O) groups excluding carboxylic acids is 1. The standard InChI is InChI=1S/C26H30N4O2/c1-18(2)20-8-10-22(11-9-20)29-25(31)21-12-16-30(17-13-21)24-26(28-15-14-27-24)32-23-7-5-4-6-19(23)3/h4-11,14-15,18,21H,12-13,16-17H2,1-3H3,(H,29,31). The summed E-state index contributed by atoms with van der Waals surface area (Å²) in [4.78, 5) is 23.9. The molecule has 6 heteroatoms. The molecule has 3 aromatic rings. The Morgan fingerprint density at radius 2 is 1.72 bits per heavy atom. The Hall–Kier alpha value is -3.41. The average Bonchev–Trinajstić information content (AvgIpc) is 2.81. The number of piperidine rings is 1. The van der Waals surface area contributed by atoms with Crippen LogP contribution in [-0.4, -0.2) is 29.0 Å². The number of ether oxygens (including phenoxy) is 1. The van der Waals surface area contributed by atoms with Crippen molar-refractivity contribution in [3.8, 4) is 11.6 Å². The molecule has 4 rings (SSSR count). The Bertz CT molecular complexity index is 1060. The first-order valence-electron chi connectivity index (χ1n) is 11.2. The lowest BCUT2D eigenvalue weighted by atomic mass is 9.95. The highest BCUT2D eigenvalue weighted by Crippen LogP contribution is 2.32. The minimum atomic E-state index is -0.0200. The third-order valence-corrected chi connectivity index (χ3v) is 5.96. The SMILES string of the molecule is Cc1ccccc1Oc1nccnc1N1CCC(C(=O)Nc2ccc(C(C)C)cc2)CC1. The number of nitrogens with one attached hydrogen (secondary N) is 1. The second-order valence-electron chi connectivity index (χ2n) is 8.58. The van der Waals surface area contributed by atoms with Crippen molar-refractivity contribution in [3.05, 3.63) is 72.1 Å². The fourth-order valence-corrected chi connectivity index (χ4v) is 3.93. The van der Waals surface area contributed by atoms with Gasteiger partial charge >= 0.3 is 0 Å². The molecular weight excluding hydrogens is 400 g/mol. The molecule has 2 heterocycles. The van der Waals surface area contributed by atoms with Crippen LogP contribution in [0.3, 0.4) is 0 Å². The van der Waals surface area contributed by atoms with Crippen molar-refractivity contribution >= 4 is 17.4 Å². The van der Waals surface area contributed by atoms with Crippen molar-refractivity contribution in [3.63, 3.8) is 0 Å². The lowest BCUT2D eigenvalue weighted by Gasteiger charge is -2.32. The molecule has 32 heavy (non-hydrogen) atoms. The Labute approximate surface area is 189 Å². The summed E-state index contributed by atoms with van der Waals surface area (Å²) in [7, 11) is 0. The Balaban J connectivity index is 1.37. The number of aromatic nitrogens is 2. The molecule has 1 aliphatic rings. The van der Waals surface area contributed by atoms with Crippen molar-refractivity contribution in [2.24, 2.45) is 5.92 Å². The molecule has 1 N–H and O–H groups in total. The fourth-order valence-electron chi connectivity index (χ4n) is 3.93. The van der Waals surface area contributed by atoms with Gasteiger partial charge in [0.05, 0.1) is 0 Å². The number of hydrogen-bond acceptors (Lipinski definition) is 5. The maximum atomic E-state index is 12.8. The number of benzene rings is 2. The molecular formula is C26H30N4O2. The Morgan fingerprint density at radius 3 is 2.41 bits per heavy atom. The van der Waals surface area contributed by atoms with Crippen LogP contribution in [0.4, 0.5) is 11.5 Å². The van der Waals surface area contributed by atoms with Crippen molar-refractivity contribution in [1.29, 1.82) is 0 Å². The Morgan fingerprint density at radius 1 is 1.03 bits per heavy atom. The third-order valence-electron chi connectivity index (χ3n) is 5.96. The van der Waals surface area contributed by atoms with E-state index < -0.39 is 0 Å². The van der Waals surface area contributed by atoms with Crippen LogP contribution in [0.2, 0.25) is 0 Å². The highest BCUT2D eigenvalue weighted by atomic mass is 16.5. The van der Waals surface area contributed by atoms with Gasteiger partial charge < -0.3 is 15.0 Å².